The van der Waals surface area contributed by atoms with Crippen LogP contribution in [0.4, 0.5) is 0 Å². The molecule has 1 aromatic rings. The van der Waals surface area contributed by atoms with Gasteiger partial charge in [0.15, 0.2) is 0 Å². The van der Waals surface area contributed by atoms with Crippen molar-refractivity contribution in [2.45, 2.75) is 50.6 Å². The lowest BCUT2D eigenvalue weighted by atomic mass is 9.78. The Balaban J connectivity index is 1.84. The van der Waals surface area contributed by atoms with Gasteiger partial charge in [-0.1, -0.05) is 13.0 Å². The van der Waals surface area contributed by atoms with Crippen LogP contribution >= 0.6 is 0 Å². The minimum Gasteiger partial charge on any atom is -0.379 e. The molecule has 2 heterocycles. The molecule has 0 saturated carbocycles. The first-order chi connectivity index (χ1) is 10.2. The smallest absolute Gasteiger partial charge is 0.0594 e. The number of rotatable bonds is 4. The molecule has 1 aromatic heterocycles. The van der Waals surface area contributed by atoms with Crippen molar-refractivity contribution in [3.63, 3.8) is 0 Å². The van der Waals surface area contributed by atoms with Crippen LogP contribution in [-0.4, -0.2) is 47.8 Å². The van der Waals surface area contributed by atoms with E-state index in [2.05, 4.69) is 29.8 Å². The van der Waals surface area contributed by atoms with Crippen molar-refractivity contribution in [2.24, 2.45) is 5.73 Å². The van der Waals surface area contributed by atoms with E-state index in [1.165, 1.54) is 11.3 Å². The van der Waals surface area contributed by atoms with E-state index in [-0.39, 0.29) is 11.6 Å². The van der Waals surface area contributed by atoms with E-state index in [9.17, 15) is 0 Å². The van der Waals surface area contributed by atoms with Crippen LogP contribution < -0.4 is 5.73 Å². The molecule has 21 heavy (non-hydrogen) atoms. The molecule has 1 saturated heterocycles. The molecule has 4 heteroatoms. The summed E-state index contributed by atoms with van der Waals surface area (Å²) >= 11 is 0. The van der Waals surface area contributed by atoms with Crippen LogP contribution in [0, 0.1) is 0 Å². The van der Waals surface area contributed by atoms with Gasteiger partial charge in [-0.25, -0.2) is 0 Å². The third-order valence-electron chi connectivity index (χ3n) is 5.60. The molecule has 3 atom stereocenters. The maximum Gasteiger partial charge on any atom is 0.0594 e. The van der Waals surface area contributed by atoms with E-state index in [0.29, 0.717) is 5.92 Å². The molecule has 2 aliphatic rings. The number of hydrogen-bond donors (Lipinski definition) is 1. The highest BCUT2D eigenvalue weighted by atomic mass is 16.5. The van der Waals surface area contributed by atoms with Gasteiger partial charge in [-0.2, -0.15) is 0 Å². The number of nitrogens with two attached hydrogens (primary N) is 1. The second-order valence-corrected chi connectivity index (χ2v) is 6.53. The number of fused-ring (bicyclic) bond motifs is 1. The van der Waals surface area contributed by atoms with Gasteiger partial charge in [-0.3, -0.25) is 9.88 Å². The van der Waals surface area contributed by atoms with Gasteiger partial charge in [-0.15, -0.1) is 0 Å². The second kappa shape index (κ2) is 6.03. The topological polar surface area (TPSA) is 51.4 Å². The monoisotopic (exact) mass is 289 g/mol. The average molecular weight is 289 g/mol. The number of morpholine rings is 1. The summed E-state index contributed by atoms with van der Waals surface area (Å²) in [6, 6.07) is 4.36. The summed E-state index contributed by atoms with van der Waals surface area (Å²) in [4.78, 5) is 7.16. The summed E-state index contributed by atoms with van der Waals surface area (Å²) in [5, 5.41) is 0. The van der Waals surface area contributed by atoms with Gasteiger partial charge >= 0.3 is 0 Å². The Morgan fingerprint density at radius 1 is 1.48 bits per heavy atom. The highest BCUT2D eigenvalue weighted by molar-refractivity contribution is 5.31. The Bertz CT molecular complexity index is 487. The quantitative estimate of drug-likeness (QED) is 0.920. The molecular formula is C17H27N3O. The largest absolute Gasteiger partial charge is 0.379 e. The zero-order chi connectivity index (χ0) is 14.9. The summed E-state index contributed by atoms with van der Waals surface area (Å²) in [5.74, 6) is 0.383. The van der Waals surface area contributed by atoms with Crippen molar-refractivity contribution in [2.75, 3.05) is 26.3 Å². The van der Waals surface area contributed by atoms with Gasteiger partial charge < -0.3 is 10.5 Å². The average Bonchev–Trinajstić information content (AvgIpc) is 2.98. The summed E-state index contributed by atoms with van der Waals surface area (Å²) in [7, 11) is 0. The van der Waals surface area contributed by atoms with Crippen molar-refractivity contribution in [1.82, 2.24) is 9.88 Å². The predicted molar refractivity (Wildman–Crippen MR) is 84.4 cm³/mol. The highest BCUT2D eigenvalue weighted by Gasteiger charge is 2.43. The van der Waals surface area contributed by atoms with Crippen LogP contribution in [0.25, 0.3) is 0 Å². The van der Waals surface area contributed by atoms with Crippen LogP contribution in [0.5, 0.6) is 0 Å². The summed E-state index contributed by atoms with van der Waals surface area (Å²) < 4.78 is 5.51. The minimum atomic E-state index is 0.0214. The zero-order valence-corrected chi connectivity index (χ0v) is 13.2. The minimum absolute atomic E-state index is 0.0214. The van der Waals surface area contributed by atoms with E-state index in [1.54, 1.807) is 0 Å². The molecule has 1 aliphatic heterocycles. The molecule has 1 fully saturated rings. The fraction of sp³-hybridized carbons (Fsp3) is 0.706. The molecule has 1 aliphatic carbocycles. The van der Waals surface area contributed by atoms with E-state index in [4.69, 9.17) is 10.5 Å². The molecule has 3 unspecified atom stereocenters. The Morgan fingerprint density at radius 2 is 2.24 bits per heavy atom. The molecule has 0 amide bonds. The van der Waals surface area contributed by atoms with Gasteiger partial charge in [-0.05, 0) is 37.8 Å². The Kier molecular flexibility index (Phi) is 4.29. The van der Waals surface area contributed by atoms with Gasteiger partial charge in [0.05, 0.1) is 13.2 Å². The van der Waals surface area contributed by atoms with Gasteiger partial charge in [0.25, 0.3) is 0 Å². The molecule has 2 N–H and O–H groups in total. The summed E-state index contributed by atoms with van der Waals surface area (Å²) in [6.07, 6.45) is 5.21. The maximum absolute atomic E-state index is 6.79. The van der Waals surface area contributed by atoms with E-state index in [1.807, 2.05) is 12.3 Å². The molecule has 4 nitrogen and oxygen atoms in total. The van der Waals surface area contributed by atoms with E-state index >= 15 is 0 Å². The lowest BCUT2D eigenvalue weighted by molar-refractivity contribution is -0.0306. The number of aryl methyl sites for hydroxylation is 1. The van der Waals surface area contributed by atoms with Crippen LogP contribution in [0.15, 0.2) is 18.3 Å². The van der Waals surface area contributed by atoms with Crippen molar-refractivity contribution < 1.29 is 4.74 Å². The summed E-state index contributed by atoms with van der Waals surface area (Å²) in [5.41, 5.74) is 9.43. The molecule has 116 valence electrons. The summed E-state index contributed by atoms with van der Waals surface area (Å²) in [6.45, 7) is 8.19. The first kappa shape index (κ1) is 14.9. The third-order valence-corrected chi connectivity index (χ3v) is 5.60. The highest BCUT2D eigenvalue weighted by Crippen LogP contribution is 2.39. The lowest BCUT2D eigenvalue weighted by Crippen LogP contribution is -2.62. The Hall–Kier alpha value is -0.970. The molecule has 0 radical (unpaired) electrons. The van der Waals surface area contributed by atoms with Gasteiger partial charge in [0.1, 0.15) is 0 Å². The normalized spacial score (nSPS) is 27.1. The van der Waals surface area contributed by atoms with Crippen LogP contribution in [0.3, 0.4) is 0 Å². The van der Waals surface area contributed by atoms with Crippen LogP contribution in [-0.2, 0) is 11.2 Å². The molecular weight excluding hydrogens is 262 g/mol. The molecule has 0 spiro atoms. The van der Waals surface area contributed by atoms with Gasteiger partial charge in [0, 0.05) is 42.5 Å². The standard InChI is InChI=1S/C17H27N3O/c1-3-17(2,20-9-11-21-12-10-20)16(18)14-7-6-13-5-4-8-19-15(13)14/h4-5,8,14,16H,3,6-7,9-12,18H2,1-2H3. The molecule has 0 bridgehead atoms. The Labute approximate surface area is 127 Å². The zero-order valence-electron chi connectivity index (χ0n) is 13.2. The van der Waals surface area contributed by atoms with Crippen molar-refractivity contribution in [1.29, 1.82) is 0 Å². The second-order valence-electron chi connectivity index (χ2n) is 6.53. The number of hydrogen-bond acceptors (Lipinski definition) is 4. The first-order valence-corrected chi connectivity index (χ1v) is 8.19. The van der Waals surface area contributed by atoms with E-state index in [0.717, 1.165) is 45.6 Å². The number of aromatic nitrogens is 1. The lowest BCUT2D eigenvalue weighted by Gasteiger charge is -2.48. The fourth-order valence-electron chi connectivity index (χ4n) is 3.97. The van der Waals surface area contributed by atoms with Crippen molar-refractivity contribution in [3.8, 4) is 0 Å². The predicted octanol–water partition coefficient (Wildman–Crippen LogP) is 1.94. The Morgan fingerprint density at radius 3 is 2.95 bits per heavy atom. The van der Waals surface area contributed by atoms with Crippen LogP contribution in [0.1, 0.15) is 43.9 Å². The van der Waals surface area contributed by atoms with E-state index < -0.39 is 0 Å². The molecule has 3 rings (SSSR count). The van der Waals surface area contributed by atoms with Crippen molar-refractivity contribution >= 4 is 0 Å². The van der Waals surface area contributed by atoms with Crippen LogP contribution in [0.2, 0.25) is 0 Å². The van der Waals surface area contributed by atoms with Gasteiger partial charge in [0.2, 0.25) is 0 Å². The number of ether oxygens (including phenoxy) is 1. The fourth-order valence-corrected chi connectivity index (χ4v) is 3.97. The SMILES string of the molecule is CCC(C)(C(N)C1CCc2cccnc21)N1CCOCC1. The maximum atomic E-state index is 6.79. The molecule has 0 aromatic carbocycles. The first-order valence-electron chi connectivity index (χ1n) is 8.19. The third kappa shape index (κ3) is 2.60. The number of pyridine rings is 1. The number of nitrogens with zero attached hydrogens (tertiary/aromatic N) is 2. The van der Waals surface area contributed by atoms with Crippen molar-refractivity contribution in [3.05, 3.63) is 29.6 Å².